The van der Waals surface area contributed by atoms with E-state index in [9.17, 15) is 4.79 Å². The maximum atomic E-state index is 11.8. The molecule has 0 N–H and O–H groups in total. The molecule has 0 amide bonds. The lowest BCUT2D eigenvalue weighted by atomic mass is 10.2. The van der Waals surface area contributed by atoms with Crippen LogP contribution in [0.1, 0.15) is 34.2 Å². The molecular formula is C22H20Cl2N2O2. The van der Waals surface area contributed by atoms with Crippen molar-refractivity contribution in [2.75, 3.05) is 6.61 Å². The average Bonchev–Trinajstić information content (AvgIpc) is 2.95. The Morgan fingerprint density at radius 1 is 1.11 bits per heavy atom. The van der Waals surface area contributed by atoms with Gasteiger partial charge in [-0.2, -0.15) is 0 Å². The topological polar surface area (TPSA) is 43.6 Å². The van der Waals surface area contributed by atoms with E-state index in [1.165, 1.54) is 0 Å². The fourth-order valence-corrected chi connectivity index (χ4v) is 3.46. The smallest absolute Gasteiger partial charge is 0.338 e. The summed E-state index contributed by atoms with van der Waals surface area (Å²) in [6.07, 6.45) is 1.79. The van der Waals surface area contributed by atoms with Crippen LogP contribution in [0.25, 0.3) is 5.69 Å². The maximum Gasteiger partial charge on any atom is 0.338 e. The highest BCUT2D eigenvalue weighted by molar-refractivity contribution is 6.36. The molecule has 0 fully saturated rings. The minimum Gasteiger partial charge on any atom is -0.462 e. The Morgan fingerprint density at radius 2 is 1.82 bits per heavy atom. The number of aliphatic imine (C=N–C) groups is 1. The number of ether oxygens (including phenoxy) is 1. The van der Waals surface area contributed by atoms with Gasteiger partial charge in [0, 0.05) is 33.9 Å². The molecule has 0 unspecified atom stereocenters. The zero-order chi connectivity index (χ0) is 20.3. The van der Waals surface area contributed by atoms with Crippen molar-refractivity contribution in [3.8, 4) is 5.69 Å². The average molecular weight is 415 g/mol. The zero-order valence-electron chi connectivity index (χ0n) is 15.9. The van der Waals surface area contributed by atoms with Gasteiger partial charge in [-0.1, -0.05) is 23.2 Å². The molecule has 0 spiro atoms. The molecule has 1 heterocycles. The van der Waals surface area contributed by atoms with Gasteiger partial charge in [0.15, 0.2) is 0 Å². The van der Waals surface area contributed by atoms with Gasteiger partial charge in [0.2, 0.25) is 0 Å². The van der Waals surface area contributed by atoms with E-state index in [-0.39, 0.29) is 5.97 Å². The maximum absolute atomic E-state index is 11.8. The zero-order valence-corrected chi connectivity index (χ0v) is 17.4. The third-order valence-electron chi connectivity index (χ3n) is 4.36. The van der Waals surface area contributed by atoms with Crippen molar-refractivity contribution in [1.82, 2.24) is 4.57 Å². The van der Waals surface area contributed by atoms with Crippen LogP contribution < -0.4 is 0 Å². The normalized spacial score (nSPS) is 11.2. The second-order valence-corrected chi connectivity index (χ2v) is 7.13. The Bertz CT molecular complexity index is 1040. The minimum absolute atomic E-state index is 0.317. The molecule has 0 saturated carbocycles. The third-order valence-corrected chi connectivity index (χ3v) is 4.90. The number of aromatic nitrogens is 1. The summed E-state index contributed by atoms with van der Waals surface area (Å²) in [6.45, 7) is 6.20. The summed E-state index contributed by atoms with van der Waals surface area (Å²) in [5.41, 5.74) is 5.24. The minimum atomic E-state index is -0.317. The molecule has 0 aliphatic heterocycles. The van der Waals surface area contributed by atoms with E-state index < -0.39 is 0 Å². The van der Waals surface area contributed by atoms with Gasteiger partial charge in [-0.3, -0.25) is 4.99 Å². The fraction of sp³-hybridized carbons (Fsp3) is 0.182. The Kier molecular flexibility index (Phi) is 6.22. The van der Waals surface area contributed by atoms with Crippen LogP contribution in [0.3, 0.4) is 0 Å². The quantitative estimate of drug-likeness (QED) is 0.361. The van der Waals surface area contributed by atoms with Crippen molar-refractivity contribution in [3.05, 3.63) is 81.1 Å². The van der Waals surface area contributed by atoms with Crippen molar-refractivity contribution >= 4 is 41.1 Å². The molecule has 3 rings (SSSR count). The van der Waals surface area contributed by atoms with Gasteiger partial charge in [0.25, 0.3) is 0 Å². The van der Waals surface area contributed by atoms with Crippen LogP contribution in [0.5, 0.6) is 0 Å². The third kappa shape index (κ3) is 4.29. The number of nitrogens with zero attached hydrogens (tertiary/aromatic N) is 2. The molecule has 28 heavy (non-hydrogen) atoms. The van der Waals surface area contributed by atoms with E-state index in [0.717, 1.165) is 22.6 Å². The lowest BCUT2D eigenvalue weighted by Crippen LogP contribution is -2.05. The number of hydrogen-bond donors (Lipinski definition) is 0. The Hall–Kier alpha value is -2.56. The molecule has 4 nitrogen and oxygen atoms in total. The lowest BCUT2D eigenvalue weighted by molar-refractivity contribution is 0.0526. The van der Waals surface area contributed by atoms with Crippen LogP contribution in [-0.4, -0.2) is 23.4 Å². The first kappa shape index (κ1) is 20.2. The lowest BCUT2D eigenvalue weighted by Gasteiger charge is -2.10. The monoisotopic (exact) mass is 414 g/mol. The molecule has 0 radical (unpaired) electrons. The van der Waals surface area contributed by atoms with Gasteiger partial charge >= 0.3 is 5.97 Å². The van der Waals surface area contributed by atoms with E-state index in [4.69, 9.17) is 27.9 Å². The largest absolute Gasteiger partial charge is 0.462 e. The van der Waals surface area contributed by atoms with Gasteiger partial charge in [0.1, 0.15) is 0 Å². The number of aryl methyl sites for hydroxylation is 1. The summed E-state index contributed by atoms with van der Waals surface area (Å²) in [6, 6.07) is 14.6. The van der Waals surface area contributed by atoms with Crippen molar-refractivity contribution < 1.29 is 9.53 Å². The van der Waals surface area contributed by atoms with Gasteiger partial charge in [-0.25, -0.2) is 4.79 Å². The van der Waals surface area contributed by atoms with Crippen molar-refractivity contribution in [2.45, 2.75) is 20.8 Å². The van der Waals surface area contributed by atoms with Crippen LogP contribution in [0.4, 0.5) is 5.69 Å². The summed E-state index contributed by atoms with van der Waals surface area (Å²) in [7, 11) is 0. The predicted octanol–water partition coefficient (Wildman–Crippen LogP) is 6.33. The molecule has 0 saturated heterocycles. The molecule has 0 bridgehead atoms. The summed E-state index contributed by atoms with van der Waals surface area (Å²) >= 11 is 12.1. The standard InChI is InChI=1S/C22H20Cl2N2O2/c1-4-28-22(27)16-5-8-19(9-6-16)26-14(2)11-17(15(26)3)13-25-21-10-7-18(23)12-20(21)24/h5-13H,4H2,1-3H3. The number of carbonyl (C=O) groups is 1. The van der Waals surface area contributed by atoms with Crippen LogP contribution >= 0.6 is 23.2 Å². The second kappa shape index (κ2) is 8.63. The molecule has 0 atom stereocenters. The summed E-state index contributed by atoms with van der Waals surface area (Å²) in [4.78, 5) is 16.3. The number of carbonyl (C=O) groups excluding carboxylic acids is 1. The van der Waals surface area contributed by atoms with E-state index in [1.54, 1.807) is 43.5 Å². The predicted molar refractivity (Wildman–Crippen MR) is 115 cm³/mol. The Balaban J connectivity index is 1.89. The van der Waals surface area contributed by atoms with Crippen LogP contribution in [0, 0.1) is 13.8 Å². The molecule has 6 heteroatoms. The highest BCUT2D eigenvalue weighted by Crippen LogP contribution is 2.28. The van der Waals surface area contributed by atoms with Crippen molar-refractivity contribution in [1.29, 1.82) is 0 Å². The van der Waals surface area contributed by atoms with Gasteiger partial charge in [-0.05, 0) is 69.3 Å². The Labute approximate surface area is 174 Å². The van der Waals surface area contributed by atoms with Crippen molar-refractivity contribution in [3.63, 3.8) is 0 Å². The second-order valence-electron chi connectivity index (χ2n) is 6.28. The first-order valence-electron chi connectivity index (χ1n) is 8.86. The first-order valence-corrected chi connectivity index (χ1v) is 9.62. The van der Waals surface area contributed by atoms with E-state index >= 15 is 0 Å². The van der Waals surface area contributed by atoms with E-state index in [2.05, 4.69) is 15.6 Å². The molecular weight excluding hydrogens is 395 g/mol. The number of benzene rings is 2. The number of rotatable bonds is 5. The van der Waals surface area contributed by atoms with Gasteiger partial charge < -0.3 is 9.30 Å². The highest BCUT2D eigenvalue weighted by Gasteiger charge is 2.11. The number of hydrogen-bond acceptors (Lipinski definition) is 3. The molecule has 3 aromatic rings. The van der Waals surface area contributed by atoms with Crippen LogP contribution in [-0.2, 0) is 4.74 Å². The molecule has 144 valence electrons. The first-order chi connectivity index (χ1) is 13.4. The SMILES string of the molecule is CCOC(=O)c1ccc(-n2c(C)cc(C=Nc3ccc(Cl)cc3Cl)c2C)cc1. The Morgan fingerprint density at radius 3 is 2.46 bits per heavy atom. The van der Waals surface area contributed by atoms with Gasteiger partial charge in [0.05, 0.1) is 22.9 Å². The molecule has 0 aliphatic carbocycles. The fourth-order valence-electron chi connectivity index (χ4n) is 3.00. The molecule has 2 aromatic carbocycles. The van der Waals surface area contributed by atoms with Crippen LogP contribution in [0.2, 0.25) is 10.0 Å². The van der Waals surface area contributed by atoms with Crippen molar-refractivity contribution in [2.24, 2.45) is 4.99 Å². The summed E-state index contributed by atoms with van der Waals surface area (Å²) in [5.74, 6) is -0.317. The summed E-state index contributed by atoms with van der Waals surface area (Å²) < 4.78 is 7.14. The summed E-state index contributed by atoms with van der Waals surface area (Å²) in [5, 5.41) is 1.08. The molecule has 0 aliphatic rings. The van der Waals surface area contributed by atoms with Gasteiger partial charge in [-0.15, -0.1) is 0 Å². The van der Waals surface area contributed by atoms with E-state index in [0.29, 0.717) is 27.9 Å². The highest BCUT2D eigenvalue weighted by atomic mass is 35.5. The molecule has 1 aromatic heterocycles. The van der Waals surface area contributed by atoms with Crippen LogP contribution in [0.15, 0.2) is 53.5 Å². The van der Waals surface area contributed by atoms with E-state index in [1.807, 2.05) is 26.0 Å². The number of halogens is 2. The number of esters is 1.